The van der Waals surface area contributed by atoms with Gasteiger partial charge in [-0.3, -0.25) is 29.3 Å². The van der Waals surface area contributed by atoms with E-state index in [0.29, 0.717) is 0 Å². The molecule has 2 aromatic rings. The molecule has 43 heavy (non-hydrogen) atoms. The second-order valence-corrected chi connectivity index (χ2v) is 12.9. The number of amides is 4. The first-order valence-corrected chi connectivity index (χ1v) is 14.5. The summed E-state index contributed by atoms with van der Waals surface area (Å²) in [6.07, 6.45) is -0.524. The van der Waals surface area contributed by atoms with Gasteiger partial charge in [-0.1, -0.05) is 24.3 Å². The van der Waals surface area contributed by atoms with Gasteiger partial charge >= 0.3 is 5.97 Å². The van der Waals surface area contributed by atoms with Crippen molar-refractivity contribution < 1.29 is 39.1 Å². The lowest BCUT2D eigenvalue weighted by Crippen LogP contribution is -2.71. The Hall–Kier alpha value is -4.35. The maximum atomic E-state index is 13.5. The summed E-state index contributed by atoms with van der Waals surface area (Å²) in [6.45, 7) is 3.38. The van der Waals surface area contributed by atoms with Gasteiger partial charge in [0.25, 0.3) is 5.69 Å². The van der Waals surface area contributed by atoms with Crippen molar-refractivity contribution in [3.63, 3.8) is 0 Å². The van der Waals surface area contributed by atoms with Gasteiger partial charge in [0.2, 0.25) is 23.6 Å². The molecule has 2 saturated heterocycles. The van der Waals surface area contributed by atoms with Gasteiger partial charge in [0.15, 0.2) is 0 Å². The van der Waals surface area contributed by atoms with Crippen LogP contribution < -0.4 is 21.1 Å². The van der Waals surface area contributed by atoms with Gasteiger partial charge < -0.3 is 31.5 Å². The molecule has 0 aliphatic carbocycles. The molecule has 4 rings (SSSR count). The molecule has 15 nitrogen and oxygen atoms in total. The molecule has 2 aliphatic heterocycles. The number of nitro benzene ring substituents is 1. The minimum Gasteiger partial charge on any atom is -0.508 e. The first-order chi connectivity index (χ1) is 20.2. The van der Waals surface area contributed by atoms with Gasteiger partial charge in [0, 0.05) is 10.8 Å². The van der Waals surface area contributed by atoms with Gasteiger partial charge in [-0.05, 0) is 49.6 Å². The van der Waals surface area contributed by atoms with Crippen molar-refractivity contribution in [3.8, 4) is 5.75 Å². The van der Waals surface area contributed by atoms with Crippen LogP contribution in [0.3, 0.4) is 0 Å². The van der Waals surface area contributed by atoms with Crippen LogP contribution in [0.1, 0.15) is 31.9 Å². The Morgan fingerprint density at radius 3 is 2.40 bits per heavy atom. The van der Waals surface area contributed by atoms with Crippen molar-refractivity contribution in [1.82, 2.24) is 20.3 Å². The molecule has 2 heterocycles. The van der Waals surface area contributed by atoms with Crippen molar-refractivity contribution in [2.45, 2.75) is 59.5 Å². The number of hydrogen-bond donors (Lipinski definition) is 6. The number of primary amides is 1. The van der Waals surface area contributed by atoms with Gasteiger partial charge in [0.05, 0.1) is 11.3 Å². The predicted molar refractivity (Wildman–Crippen MR) is 154 cm³/mol. The highest BCUT2D eigenvalue weighted by Gasteiger charge is 2.64. The van der Waals surface area contributed by atoms with Crippen molar-refractivity contribution in [1.29, 1.82) is 0 Å². The highest BCUT2D eigenvalue weighted by atomic mass is 32.2. The monoisotopic (exact) mass is 632 g/mol. The number of thioether (sulfide) groups is 1. The number of aliphatic carboxylic acids is 1. The maximum absolute atomic E-state index is 13.5. The number of nitrogens with zero attached hydrogens (tertiary/aromatic N) is 2. The summed E-state index contributed by atoms with van der Waals surface area (Å²) in [5.74, 6) is -4.40. The summed E-state index contributed by atoms with van der Waals surface area (Å²) in [6, 6.07) is 6.15. The van der Waals surface area contributed by atoms with E-state index in [1.807, 2.05) is 0 Å². The summed E-state index contributed by atoms with van der Waals surface area (Å²) in [7, 11) is 0. The molecule has 0 bridgehead atoms. The average molecular weight is 633 g/mol. The fourth-order valence-electron chi connectivity index (χ4n) is 4.81. The molecule has 0 saturated carbocycles. The number of nitrogens with one attached hydrogen (secondary N) is 3. The minimum absolute atomic E-state index is 0.113. The number of phenolic OH excluding ortho intramolecular Hbond substituents is 1. The zero-order valence-electron chi connectivity index (χ0n) is 22.8. The Morgan fingerprint density at radius 2 is 1.79 bits per heavy atom. The van der Waals surface area contributed by atoms with Crippen molar-refractivity contribution in [2.75, 3.05) is 0 Å². The smallest absolute Gasteiger partial charge is 0.327 e. The van der Waals surface area contributed by atoms with Crippen LogP contribution in [0.5, 0.6) is 5.75 Å². The molecule has 2 aliphatic rings. The lowest BCUT2D eigenvalue weighted by Gasteiger charge is -2.44. The number of fused-ring (bicyclic) bond motifs is 1. The third-order valence-electron chi connectivity index (χ3n) is 6.84. The first kappa shape index (κ1) is 31.6. The normalized spacial score (nSPS) is 21.6. The molecule has 7 N–H and O–H groups in total. The van der Waals surface area contributed by atoms with E-state index in [9.17, 15) is 44.3 Å². The minimum atomic E-state index is -1.42. The van der Waals surface area contributed by atoms with Crippen LogP contribution in [0.4, 0.5) is 5.69 Å². The summed E-state index contributed by atoms with van der Waals surface area (Å²) >= 11 is 1.96. The Labute approximate surface area is 253 Å². The predicted octanol–water partition coefficient (Wildman–Crippen LogP) is 0.630. The largest absolute Gasteiger partial charge is 0.508 e. The summed E-state index contributed by atoms with van der Waals surface area (Å²) in [4.78, 5) is 75.6. The summed E-state index contributed by atoms with van der Waals surface area (Å²) in [5.41, 5.74) is 5.32. The molecule has 2 aromatic carbocycles. The number of β-lactam (4-membered cyclic amide) rings is 1. The van der Waals surface area contributed by atoms with Crippen molar-refractivity contribution >= 4 is 59.0 Å². The molecule has 17 heteroatoms. The van der Waals surface area contributed by atoms with Crippen LogP contribution in [-0.2, 0) is 24.0 Å². The molecular weight excluding hydrogens is 604 g/mol. The third-order valence-corrected chi connectivity index (χ3v) is 9.38. The molecule has 2 fully saturated rings. The van der Waals surface area contributed by atoms with Gasteiger partial charge in [-0.2, -0.15) is 0 Å². The van der Waals surface area contributed by atoms with E-state index in [0.717, 1.165) is 11.9 Å². The van der Waals surface area contributed by atoms with Crippen LogP contribution in [-0.4, -0.2) is 77.9 Å². The number of carbonyl (C=O) groups is 5. The van der Waals surface area contributed by atoms with E-state index in [1.165, 1.54) is 59.1 Å². The number of aromatic hydroxyl groups is 1. The molecular formula is C26H28N6O9S2. The SMILES string of the molecule is CC1(C)S[C@@H]2[C@H](NC(=O)C(NC(=O)C(CC(N)=O)NSc3ccccc3[N+](=O)[O-])c3ccc(O)cc3)C(=O)N2[C@H]1C(=O)O. The summed E-state index contributed by atoms with van der Waals surface area (Å²) < 4.78 is 1.88. The number of nitrogens with two attached hydrogens (primary N) is 1. The van der Waals surface area contributed by atoms with Gasteiger partial charge in [-0.15, -0.1) is 11.8 Å². The van der Waals surface area contributed by atoms with E-state index in [-0.39, 0.29) is 21.9 Å². The number of para-hydroxylation sites is 1. The van der Waals surface area contributed by atoms with Crippen LogP contribution in [0, 0.1) is 10.1 Å². The Kier molecular flexibility index (Phi) is 9.17. The van der Waals surface area contributed by atoms with Crippen LogP contribution >= 0.6 is 23.7 Å². The van der Waals surface area contributed by atoms with Gasteiger partial charge in [0.1, 0.15) is 40.2 Å². The molecule has 5 atom stereocenters. The Morgan fingerprint density at radius 1 is 1.14 bits per heavy atom. The van der Waals surface area contributed by atoms with E-state index in [4.69, 9.17) is 5.73 Å². The second kappa shape index (κ2) is 12.5. The third kappa shape index (κ3) is 6.68. The lowest BCUT2D eigenvalue weighted by atomic mass is 9.95. The number of rotatable bonds is 12. The average Bonchev–Trinajstić information content (AvgIpc) is 3.20. The quantitative estimate of drug-likeness (QED) is 0.0818. The molecule has 228 valence electrons. The van der Waals surface area contributed by atoms with Crippen LogP contribution in [0.15, 0.2) is 53.4 Å². The zero-order valence-corrected chi connectivity index (χ0v) is 24.4. The number of benzene rings is 2. The second-order valence-electron chi connectivity index (χ2n) is 10.3. The zero-order chi connectivity index (χ0) is 31.6. The Balaban J connectivity index is 1.54. The van der Waals surface area contributed by atoms with Crippen LogP contribution in [0.25, 0.3) is 0 Å². The highest BCUT2D eigenvalue weighted by molar-refractivity contribution is 8.01. The first-order valence-electron chi connectivity index (χ1n) is 12.8. The van der Waals surface area contributed by atoms with E-state index < -0.39 is 75.2 Å². The number of carboxylic acids is 1. The number of hydrogen-bond acceptors (Lipinski definition) is 11. The van der Waals surface area contributed by atoms with Crippen molar-refractivity contribution in [2.24, 2.45) is 5.73 Å². The highest BCUT2D eigenvalue weighted by Crippen LogP contribution is 2.50. The van der Waals surface area contributed by atoms with Crippen molar-refractivity contribution in [3.05, 3.63) is 64.2 Å². The van der Waals surface area contributed by atoms with E-state index >= 15 is 0 Å². The molecule has 0 radical (unpaired) electrons. The number of nitro groups is 1. The lowest BCUT2D eigenvalue weighted by molar-refractivity contribution is -0.387. The Bertz CT molecular complexity index is 1470. The molecule has 0 aromatic heterocycles. The fourth-order valence-corrected chi connectivity index (χ4v) is 7.29. The fraction of sp³-hybridized carbons (Fsp3) is 0.346. The number of carboxylic acid groups (broad SMARTS) is 1. The topological polar surface area (TPSA) is 234 Å². The van der Waals surface area contributed by atoms with E-state index in [2.05, 4.69) is 15.4 Å². The number of carbonyl (C=O) groups excluding carboxylic acids is 4. The van der Waals surface area contributed by atoms with Crippen LogP contribution in [0.2, 0.25) is 0 Å². The molecule has 0 spiro atoms. The molecule has 2 unspecified atom stereocenters. The van der Waals surface area contributed by atoms with E-state index in [1.54, 1.807) is 19.9 Å². The molecule has 4 amide bonds. The number of phenols is 1. The summed E-state index contributed by atoms with van der Waals surface area (Å²) in [5, 5.41) is 35.2. The maximum Gasteiger partial charge on any atom is 0.327 e. The standard InChI is InChI=1S/C26H28N6O9S2/c1-26(2)20(25(38)39)31-23(37)19(24(31)42-26)29-22(36)18(12-7-9-13(33)10-8-12)28-21(35)14(11-17(27)34)30-43-16-6-4-3-5-15(16)32(40)41/h3-10,14,18-20,24,30,33H,11H2,1-2H3,(H2,27,34)(H,28,35)(H,29,36)(H,38,39)/t14?,18?,19-,20+,24-/m1/s1. The van der Waals surface area contributed by atoms with Gasteiger partial charge in [-0.25, -0.2) is 9.52 Å².